The SMILES string of the molecule is Cc1cc(C)cc(C#Cc2ccccc2C#CC(c2ccc(C(C#Cc3ccccc3C#Cc3cc(C)cc(C)c3)C(C)(C)C)cc2)C(C)(C)C)c1. The van der Waals surface area contributed by atoms with Gasteiger partial charge in [0.1, 0.15) is 0 Å². The zero-order valence-corrected chi connectivity index (χ0v) is 32.5. The summed E-state index contributed by atoms with van der Waals surface area (Å²) in [5, 5.41) is 0. The van der Waals surface area contributed by atoms with Gasteiger partial charge in [-0.1, -0.05) is 150 Å². The van der Waals surface area contributed by atoms with Crippen molar-refractivity contribution in [2.24, 2.45) is 10.8 Å². The van der Waals surface area contributed by atoms with E-state index in [-0.39, 0.29) is 22.7 Å². The van der Waals surface area contributed by atoms with Crippen molar-refractivity contribution in [1.29, 1.82) is 0 Å². The van der Waals surface area contributed by atoms with E-state index in [0.717, 1.165) is 33.4 Å². The van der Waals surface area contributed by atoms with Crippen LogP contribution in [0.4, 0.5) is 0 Å². The quantitative estimate of drug-likeness (QED) is 0.164. The molecule has 0 radical (unpaired) electrons. The lowest BCUT2D eigenvalue weighted by atomic mass is 9.74. The topological polar surface area (TPSA) is 0 Å². The van der Waals surface area contributed by atoms with Crippen LogP contribution in [0.2, 0.25) is 0 Å². The minimum atomic E-state index is -0.0701. The fraction of sp³-hybridized carbons (Fsp3) is 0.269. The van der Waals surface area contributed by atoms with Crippen LogP contribution in [0, 0.1) is 85.9 Å². The molecule has 0 aliphatic heterocycles. The van der Waals surface area contributed by atoms with Gasteiger partial charge in [-0.2, -0.15) is 0 Å². The number of hydrogen-bond acceptors (Lipinski definition) is 0. The van der Waals surface area contributed by atoms with Crippen molar-refractivity contribution < 1.29 is 0 Å². The molecular formula is C52H50. The Bertz CT molecular complexity index is 2110. The molecule has 0 heteroatoms. The lowest BCUT2D eigenvalue weighted by Gasteiger charge is -2.29. The normalized spacial score (nSPS) is 12.0. The molecule has 2 unspecified atom stereocenters. The Balaban J connectivity index is 1.43. The highest BCUT2D eigenvalue weighted by molar-refractivity contribution is 5.55. The monoisotopic (exact) mass is 674 g/mol. The third-order valence-electron chi connectivity index (χ3n) is 9.02. The predicted molar refractivity (Wildman–Crippen MR) is 221 cm³/mol. The third kappa shape index (κ3) is 10.2. The second-order valence-electron chi connectivity index (χ2n) is 16.1. The standard InChI is InChI=1S/C52H50/c1-37-31-38(2)34-41(33-37)19-21-43-15-11-13-17-45(43)27-29-49(51(5,6)7)47-23-25-48(26-24-47)50(52(8,9)10)30-28-46-18-14-12-16-44(46)22-20-42-35-39(3)32-40(4)36-42/h11-18,23-26,31-36,49-50H,1-10H3. The van der Waals surface area contributed by atoms with Crippen LogP contribution in [-0.4, -0.2) is 0 Å². The summed E-state index contributed by atoms with van der Waals surface area (Å²) in [5.74, 6) is 27.9. The van der Waals surface area contributed by atoms with E-state index in [1.807, 2.05) is 24.3 Å². The van der Waals surface area contributed by atoms with Gasteiger partial charge in [0.15, 0.2) is 0 Å². The highest BCUT2D eigenvalue weighted by Crippen LogP contribution is 2.38. The summed E-state index contributed by atoms with van der Waals surface area (Å²) in [7, 11) is 0. The molecule has 0 bridgehead atoms. The summed E-state index contributed by atoms with van der Waals surface area (Å²) in [6.45, 7) is 22.0. The van der Waals surface area contributed by atoms with Gasteiger partial charge in [-0.15, -0.1) is 0 Å². The summed E-state index contributed by atoms with van der Waals surface area (Å²) in [6, 6.07) is 38.2. The lowest BCUT2D eigenvalue weighted by Crippen LogP contribution is -2.19. The van der Waals surface area contributed by atoms with Gasteiger partial charge in [0.25, 0.3) is 0 Å². The van der Waals surface area contributed by atoms with Crippen LogP contribution in [-0.2, 0) is 0 Å². The second kappa shape index (κ2) is 16.1. The Morgan fingerprint density at radius 1 is 0.365 bits per heavy atom. The predicted octanol–water partition coefficient (Wildman–Crippen LogP) is 12.1. The molecule has 0 nitrogen and oxygen atoms in total. The molecule has 0 spiro atoms. The van der Waals surface area contributed by atoms with Gasteiger partial charge < -0.3 is 0 Å². The molecule has 0 aliphatic carbocycles. The molecule has 0 aromatic heterocycles. The maximum Gasteiger partial charge on any atom is 0.0504 e. The Morgan fingerprint density at radius 2 is 0.654 bits per heavy atom. The van der Waals surface area contributed by atoms with Gasteiger partial charge in [-0.25, -0.2) is 0 Å². The van der Waals surface area contributed by atoms with Crippen molar-refractivity contribution in [3.05, 3.63) is 176 Å². The van der Waals surface area contributed by atoms with E-state index in [0.29, 0.717) is 0 Å². The largest absolute Gasteiger partial charge is 0.0891 e. The van der Waals surface area contributed by atoms with Crippen LogP contribution in [0.15, 0.2) is 109 Å². The van der Waals surface area contributed by atoms with Crippen LogP contribution in [0.1, 0.15) is 120 Å². The van der Waals surface area contributed by atoms with Gasteiger partial charge in [0.05, 0.1) is 11.8 Å². The van der Waals surface area contributed by atoms with Crippen LogP contribution >= 0.6 is 0 Å². The van der Waals surface area contributed by atoms with E-state index in [2.05, 4.69) is 202 Å². The van der Waals surface area contributed by atoms with E-state index in [4.69, 9.17) is 0 Å². The Morgan fingerprint density at radius 3 is 0.942 bits per heavy atom. The van der Waals surface area contributed by atoms with E-state index in [9.17, 15) is 0 Å². The molecule has 0 N–H and O–H groups in total. The van der Waals surface area contributed by atoms with Gasteiger partial charge >= 0.3 is 0 Å². The molecule has 5 aromatic carbocycles. The average molecular weight is 675 g/mol. The second-order valence-corrected chi connectivity index (χ2v) is 16.1. The van der Waals surface area contributed by atoms with E-state index >= 15 is 0 Å². The number of rotatable bonds is 2. The first kappa shape index (κ1) is 37.6. The summed E-state index contributed by atoms with van der Waals surface area (Å²) in [6.07, 6.45) is 0. The molecule has 2 atom stereocenters. The van der Waals surface area contributed by atoms with Crippen LogP contribution in [0.3, 0.4) is 0 Å². The Kier molecular flexibility index (Phi) is 11.7. The molecule has 0 fully saturated rings. The van der Waals surface area contributed by atoms with Crippen molar-refractivity contribution in [2.75, 3.05) is 0 Å². The zero-order chi connectivity index (χ0) is 37.5. The Hall–Kier alpha value is -5.66. The highest BCUT2D eigenvalue weighted by Gasteiger charge is 2.27. The van der Waals surface area contributed by atoms with E-state index in [1.165, 1.54) is 33.4 Å². The van der Waals surface area contributed by atoms with Crippen LogP contribution < -0.4 is 0 Å². The Labute approximate surface area is 314 Å². The molecule has 0 heterocycles. The molecule has 52 heavy (non-hydrogen) atoms. The molecule has 0 saturated carbocycles. The number of benzene rings is 5. The fourth-order valence-corrected chi connectivity index (χ4v) is 6.56. The first-order valence-corrected chi connectivity index (χ1v) is 18.2. The maximum atomic E-state index is 3.65. The van der Waals surface area contributed by atoms with Crippen LogP contribution in [0.25, 0.3) is 0 Å². The number of hydrogen-bond donors (Lipinski definition) is 0. The minimum absolute atomic E-state index is 0.0313. The first-order chi connectivity index (χ1) is 24.7. The molecular weight excluding hydrogens is 625 g/mol. The molecule has 0 saturated heterocycles. The highest BCUT2D eigenvalue weighted by atomic mass is 14.3. The third-order valence-corrected chi connectivity index (χ3v) is 9.02. The summed E-state index contributed by atoms with van der Waals surface area (Å²) in [4.78, 5) is 0. The molecule has 5 rings (SSSR count). The summed E-state index contributed by atoms with van der Waals surface area (Å²) >= 11 is 0. The molecule has 0 amide bonds. The minimum Gasteiger partial charge on any atom is -0.0891 e. The molecule has 5 aromatic rings. The van der Waals surface area contributed by atoms with Crippen molar-refractivity contribution in [3.63, 3.8) is 0 Å². The summed E-state index contributed by atoms with van der Waals surface area (Å²) in [5.41, 5.74) is 13.0. The lowest BCUT2D eigenvalue weighted by molar-refractivity contribution is 0.371. The van der Waals surface area contributed by atoms with E-state index in [1.54, 1.807) is 0 Å². The summed E-state index contributed by atoms with van der Waals surface area (Å²) < 4.78 is 0. The van der Waals surface area contributed by atoms with E-state index < -0.39 is 0 Å². The average Bonchev–Trinajstić information content (AvgIpc) is 3.06. The van der Waals surface area contributed by atoms with Gasteiger partial charge in [0.2, 0.25) is 0 Å². The first-order valence-electron chi connectivity index (χ1n) is 18.2. The fourth-order valence-electron chi connectivity index (χ4n) is 6.56. The van der Waals surface area contributed by atoms with Crippen molar-refractivity contribution >= 4 is 0 Å². The van der Waals surface area contributed by atoms with Crippen molar-refractivity contribution in [3.8, 4) is 47.4 Å². The van der Waals surface area contributed by atoms with Crippen LogP contribution in [0.5, 0.6) is 0 Å². The van der Waals surface area contributed by atoms with Crippen molar-refractivity contribution in [2.45, 2.75) is 81.1 Å². The smallest absolute Gasteiger partial charge is 0.0504 e. The van der Waals surface area contributed by atoms with Gasteiger partial charge in [-0.3, -0.25) is 0 Å². The molecule has 0 aliphatic rings. The maximum absolute atomic E-state index is 3.65. The van der Waals surface area contributed by atoms with Crippen molar-refractivity contribution in [1.82, 2.24) is 0 Å². The van der Waals surface area contributed by atoms with Gasteiger partial charge in [0, 0.05) is 33.4 Å². The molecule has 258 valence electrons. The zero-order valence-electron chi connectivity index (χ0n) is 32.5. The van der Waals surface area contributed by atoms with Gasteiger partial charge in [-0.05, 0) is 120 Å². The number of aryl methyl sites for hydroxylation is 4.